The molecule has 96 valence electrons. The number of ketones is 1. The van der Waals surface area contributed by atoms with E-state index >= 15 is 0 Å². The third kappa shape index (κ3) is 2.68. The molecule has 1 aromatic carbocycles. The molecule has 0 amide bonds. The first-order chi connectivity index (χ1) is 9.33. The number of hydrogen-bond acceptors (Lipinski definition) is 1. The zero-order valence-electron chi connectivity index (χ0n) is 10.9. The number of hydrogen-bond donors (Lipinski definition) is 0. The third-order valence-electron chi connectivity index (χ3n) is 3.54. The SMILES string of the molecule is O=C1CCCc2cn(C/C=C/c3ccccc3)cc21. The third-order valence-corrected chi connectivity index (χ3v) is 3.54. The Labute approximate surface area is 113 Å². The predicted octanol–water partition coefficient (Wildman–Crippen LogP) is 3.72. The van der Waals surface area contributed by atoms with Crippen LogP contribution in [0.2, 0.25) is 0 Å². The van der Waals surface area contributed by atoms with Crippen LogP contribution >= 0.6 is 0 Å². The average Bonchev–Trinajstić information content (AvgIpc) is 2.84. The second-order valence-electron chi connectivity index (χ2n) is 4.98. The molecule has 1 aliphatic rings. The van der Waals surface area contributed by atoms with Crippen LogP contribution in [0.15, 0.2) is 48.8 Å². The zero-order chi connectivity index (χ0) is 13.1. The van der Waals surface area contributed by atoms with Crippen molar-refractivity contribution in [3.8, 4) is 0 Å². The van der Waals surface area contributed by atoms with Crippen LogP contribution in [0.4, 0.5) is 0 Å². The molecule has 0 fully saturated rings. The lowest BCUT2D eigenvalue weighted by Crippen LogP contribution is -2.07. The van der Waals surface area contributed by atoms with Crippen LogP contribution in [-0.4, -0.2) is 10.4 Å². The van der Waals surface area contributed by atoms with Crippen LogP contribution in [0.5, 0.6) is 0 Å². The van der Waals surface area contributed by atoms with Gasteiger partial charge in [-0.3, -0.25) is 4.79 Å². The van der Waals surface area contributed by atoms with E-state index in [-0.39, 0.29) is 0 Å². The van der Waals surface area contributed by atoms with Crippen molar-refractivity contribution >= 4 is 11.9 Å². The number of fused-ring (bicyclic) bond motifs is 1. The van der Waals surface area contributed by atoms with Gasteiger partial charge in [0.1, 0.15) is 0 Å². The molecular weight excluding hydrogens is 234 g/mol. The summed E-state index contributed by atoms with van der Waals surface area (Å²) in [6.07, 6.45) is 11.1. The standard InChI is InChI=1S/C17H17NO/c19-17-10-4-9-15-12-18(13-16(15)17)11-5-8-14-6-2-1-3-7-14/h1-3,5-8,12-13H,4,9-11H2/b8-5+. The number of carbonyl (C=O) groups excluding carboxylic acids is 1. The number of benzene rings is 1. The fourth-order valence-corrected chi connectivity index (χ4v) is 2.56. The maximum absolute atomic E-state index is 11.8. The minimum atomic E-state index is 0.298. The molecule has 0 radical (unpaired) electrons. The van der Waals surface area contributed by atoms with Crippen molar-refractivity contribution in [2.45, 2.75) is 25.8 Å². The molecular formula is C17H17NO. The lowest BCUT2D eigenvalue weighted by molar-refractivity contribution is 0.0973. The Morgan fingerprint density at radius 1 is 1.11 bits per heavy atom. The molecule has 3 rings (SSSR count). The van der Waals surface area contributed by atoms with Gasteiger partial charge in [-0.05, 0) is 24.0 Å². The van der Waals surface area contributed by atoms with Gasteiger partial charge < -0.3 is 4.57 Å². The molecule has 0 atom stereocenters. The van der Waals surface area contributed by atoms with E-state index in [4.69, 9.17) is 0 Å². The highest BCUT2D eigenvalue weighted by atomic mass is 16.1. The van der Waals surface area contributed by atoms with E-state index in [9.17, 15) is 4.79 Å². The monoisotopic (exact) mass is 251 g/mol. The maximum atomic E-state index is 11.8. The molecule has 0 N–H and O–H groups in total. The van der Waals surface area contributed by atoms with Gasteiger partial charge in [-0.25, -0.2) is 0 Å². The maximum Gasteiger partial charge on any atom is 0.164 e. The molecule has 2 nitrogen and oxygen atoms in total. The lowest BCUT2D eigenvalue weighted by Gasteiger charge is -2.07. The van der Waals surface area contributed by atoms with E-state index in [2.05, 4.69) is 35.0 Å². The highest BCUT2D eigenvalue weighted by Gasteiger charge is 2.18. The number of carbonyl (C=O) groups is 1. The summed E-state index contributed by atoms with van der Waals surface area (Å²) in [5.41, 5.74) is 3.35. The van der Waals surface area contributed by atoms with Gasteiger partial charge in [0.15, 0.2) is 5.78 Å². The van der Waals surface area contributed by atoms with Gasteiger partial charge in [0.25, 0.3) is 0 Å². The van der Waals surface area contributed by atoms with Crippen molar-refractivity contribution in [1.82, 2.24) is 4.57 Å². The van der Waals surface area contributed by atoms with Crippen molar-refractivity contribution in [2.75, 3.05) is 0 Å². The Kier molecular flexibility index (Phi) is 3.32. The minimum absolute atomic E-state index is 0.298. The average molecular weight is 251 g/mol. The van der Waals surface area contributed by atoms with E-state index in [0.717, 1.165) is 24.9 Å². The second-order valence-corrected chi connectivity index (χ2v) is 4.98. The molecule has 19 heavy (non-hydrogen) atoms. The van der Waals surface area contributed by atoms with Gasteiger partial charge in [0.05, 0.1) is 0 Å². The molecule has 1 aromatic heterocycles. The Morgan fingerprint density at radius 3 is 2.74 bits per heavy atom. The second kappa shape index (κ2) is 5.27. The molecule has 0 saturated carbocycles. The zero-order valence-corrected chi connectivity index (χ0v) is 10.9. The van der Waals surface area contributed by atoms with Crippen LogP contribution < -0.4 is 0 Å². The van der Waals surface area contributed by atoms with E-state index < -0.39 is 0 Å². The van der Waals surface area contributed by atoms with Crippen molar-refractivity contribution in [2.24, 2.45) is 0 Å². The number of allylic oxidation sites excluding steroid dienone is 1. The van der Waals surface area contributed by atoms with E-state index in [1.54, 1.807) is 0 Å². The number of aryl methyl sites for hydroxylation is 1. The summed E-state index contributed by atoms with van der Waals surface area (Å²) in [4.78, 5) is 11.8. The van der Waals surface area contributed by atoms with Crippen LogP contribution in [-0.2, 0) is 13.0 Å². The van der Waals surface area contributed by atoms with Crippen LogP contribution in [0.3, 0.4) is 0 Å². The van der Waals surface area contributed by atoms with Gasteiger partial charge >= 0.3 is 0 Å². The van der Waals surface area contributed by atoms with Gasteiger partial charge in [-0.1, -0.05) is 42.5 Å². The van der Waals surface area contributed by atoms with Gasteiger partial charge in [0.2, 0.25) is 0 Å². The number of rotatable bonds is 3. The fourth-order valence-electron chi connectivity index (χ4n) is 2.56. The fraction of sp³-hybridized carbons (Fsp3) is 0.235. The van der Waals surface area contributed by atoms with Crippen LogP contribution in [0, 0.1) is 0 Å². The molecule has 0 saturated heterocycles. The Hall–Kier alpha value is -2.09. The van der Waals surface area contributed by atoms with E-state index in [0.29, 0.717) is 12.2 Å². The normalized spacial score (nSPS) is 14.8. The summed E-state index contributed by atoms with van der Waals surface area (Å²) in [6.45, 7) is 0.815. The van der Waals surface area contributed by atoms with Gasteiger partial charge in [-0.15, -0.1) is 0 Å². The molecule has 1 aliphatic carbocycles. The summed E-state index contributed by atoms with van der Waals surface area (Å²) >= 11 is 0. The van der Waals surface area contributed by atoms with Crippen molar-refractivity contribution in [3.05, 3.63) is 65.5 Å². The quantitative estimate of drug-likeness (QED) is 0.815. The first kappa shape index (κ1) is 12.0. The number of nitrogens with zero attached hydrogens (tertiary/aromatic N) is 1. The Bertz CT molecular complexity index is 607. The Balaban J connectivity index is 1.71. The van der Waals surface area contributed by atoms with Crippen molar-refractivity contribution in [1.29, 1.82) is 0 Å². The summed E-state index contributed by atoms with van der Waals surface area (Å²) < 4.78 is 2.10. The smallest absolute Gasteiger partial charge is 0.164 e. The largest absolute Gasteiger partial charge is 0.349 e. The highest BCUT2D eigenvalue weighted by Crippen LogP contribution is 2.22. The van der Waals surface area contributed by atoms with Gasteiger partial charge in [-0.2, -0.15) is 0 Å². The lowest BCUT2D eigenvalue weighted by atomic mass is 9.95. The molecule has 0 spiro atoms. The summed E-state index contributed by atoms with van der Waals surface area (Å²) in [6, 6.07) is 10.3. The summed E-state index contributed by atoms with van der Waals surface area (Å²) in [7, 11) is 0. The highest BCUT2D eigenvalue weighted by molar-refractivity contribution is 5.98. The number of Topliss-reactive ketones (excluding diaryl/α,β-unsaturated/α-hetero) is 1. The van der Waals surface area contributed by atoms with E-state index in [1.165, 1.54) is 11.1 Å². The first-order valence-electron chi connectivity index (χ1n) is 6.76. The molecule has 0 unspecified atom stereocenters. The molecule has 2 aromatic rings. The molecule has 0 bridgehead atoms. The summed E-state index contributed by atoms with van der Waals surface area (Å²) in [5, 5.41) is 0. The Morgan fingerprint density at radius 2 is 1.95 bits per heavy atom. The topological polar surface area (TPSA) is 22.0 Å². The van der Waals surface area contributed by atoms with Crippen molar-refractivity contribution in [3.63, 3.8) is 0 Å². The van der Waals surface area contributed by atoms with Crippen LogP contribution in [0.1, 0.15) is 34.3 Å². The van der Waals surface area contributed by atoms with Crippen molar-refractivity contribution < 1.29 is 4.79 Å². The molecule has 1 heterocycles. The minimum Gasteiger partial charge on any atom is -0.349 e. The first-order valence-corrected chi connectivity index (χ1v) is 6.76. The predicted molar refractivity (Wildman–Crippen MR) is 77.2 cm³/mol. The molecule has 0 aliphatic heterocycles. The van der Waals surface area contributed by atoms with Gasteiger partial charge in [0, 0.05) is 30.9 Å². The molecule has 2 heteroatoms. The summed E-state index contributed by atoms with van der Waals surface area (Å²) in [5.74, 6) is 0.298. The number of aromatic nitrogens is 1. The van der Waals surface area contributed by atoms with E-state index in [1.807, 2.05) is 24.4 Å². The van der Waals surface area contributed by atoms with Crippen LogP contribution in [0.25, 0.3) is 6.08 Å².